The first-order chi connectivity index (χ1) is 5.70. The summed E-state index contributed by atoms with van der Waals surface area (Å²) in [6.45, 7) is 1.92. The van der Waals surface area contributed by atoms with E-state index in [0.717, 1.165) is 11.1 Å². The maximum atomic E-state index is 11.3. The van der Waals surface area contributed by atoms with Crippen LogP contribution in [0.4, 0.5) is 0 Å². The summed E-state index contributed by atoms with van der Waals surface area (Å²) in [5.41, 5.74) is 1.73. The van der Waals surface area contributed by atoms with Gasteiger partial charge in [-0.3, -0.25) is 9.89 Å². The molecular formula is C7H6IN3O. The average molecular weight is 275 g/mol. The number of H-pyrrole nitrogens is 2. The minimum Gasteiger partial charge on any atom is -0.328 e. The maximum absolute atomic E-state index is 11.3. The van der Waals surface area contributed by atoms with Gasteiger partial charge in [-0.25, -0.2) is 0 Å². The fourth-order valence-electron chi connectivity index (χ4n) is 1.13. The molecule has 2 N–H and O–H groups in total. The van der Waals surface area contributed by atoms with E-state index >= 15 is 0 Å². The minimum atomic E-state index is -0.0891. The first-order valence-electron chi connectivity index (χ1n) is 3.42. The van der Waals surface area contributed by atoms with Crippen molar-refractivity contribution in [2.45, 2.75) is 6.92 Å². The highest BCUT2D eigenvalue weighted by Gasteiger charge is 2.07. The van der Waals surface area contributed by atoms with Crippen molar-refractivity contribution in [1.29, 1.82) is 0 Å². The Labute approximate surface area is 81.5 Å². The number of hydrogen-bond acceptors (Lipinski definition) is 2. The lowest BCUT2D eigenvalue weighted by molar-refractivity contribution is 1.09. The molecule has 5 heteroatoms. The molecule has 2 aromatic heterocycles. The second-order valence-electron chi connectivity index (χ2n) is 2.57. The molecule has 2 heterocycles. The summed E-state index contributed by atoms with van der Waals surface area (Å²) >= 11 is 2.03. The summed E-state index contributed by atoms with van der Waals surface area (Å²) in [7, 11) is 0. The number of pyridine rings is 1. The van der Waals surface area contributed by atoms with Crippen LogP contribution in [0.15, 0.2) is 11.0 Å². The Morgan fingerprint density at radius 2 is 2.33 bits per heavy atom. The molecule has 0 saturated carbocycles. The van der Waals surface area contributed by atoms with E-state index in [1.807, 2.05) is 29.5 Å². The smallest absolute Gasteiger partial charge is 0.260 e. The predicted octanol–water partition coefficient (Wildman–Crippen LogP) is 1.16. The van der Waals surface area contributed by atoms with Crippen LogP contribution in [0.5, 0.6) is 0 Å². The Balaban J connectivity index is 3.09. The zero-order valence-electron chi connectivity index (χ0n) is 6.31. The molecule has 0 bridgehead atoms. The number of nitrogens with one attached hydrogen (secondary N) is 2. The summed E-state index contributed by atoms with van der Waals surface area (Å²) in [5, 5.41) is 7.43. The van der Waals surface area contributed by atoms with Crippen LogP contribution >= 0.6 is 22.6 Å². The SMILES string of the molecule is Cc1c[nH]c(=O)c2c(I)n[nH]c12. The highest BCUT2D eigenvalue weighted by molar-refractivity contribution is 14.1. The van der Waals surface area contributed by atoms with Gasteiger partial charge < -0.3 is 4.98 Å². The monoisotopic (exact) mass is 275 g/mol. The van der Waals surface area contributed by atoms with Crippen LogP contribution in [0, 0.1) is 10.6 Å². The number of aromatic nitrogens is 3. The zero-order chi connectivity index (χ0) is 8.72. The van der Waals surface area contributed by atoms with Crippen molar-refractivity contribution in [3.63, 3.8) is 0 Å². The number of halogens is 1. The third kappa shape index (κ3) is 0.961. The lowest BCUT2D eigenvalue weighted by atomic mass is 10.2. The molecular weight excluding hydrogens is 269 g/mol. The average Bonchev–Trinajstić information content (AvgIpc) is 2.42. The van der Waals surface area contributed by atoms with Gasteiger partial charge in [0.25, 0.3) is 5.56 Å². The van der Waals surface area contributed by atoms with Crippen LogP contribution in [-0.2, 0) is 0 Å². The molecule has 0 spiro atoms. The molecule has 0 atom stereocenters. The number of hydrogen-bond donors (Lipinski definition) is 2. The summed E-state index contributed by atoms with van der Waals surface area (Å²) in [5.74, 6) is 0. The molecule has 0 unspecified atom stereocenters. The largest absolute Gasteiger partial charge is 0.328 e. The minimum absolute atomic E-state index is 0.0891. The van der Waals surface area contributed by atoms with Crippen molar-refractivity contribution in [3.8, 4) is 0 Å². The molecule has 2 aromatic rings. The van der Waals surface area contributed by atoms with Gasteiger partial charge in [0.05, 0.1) is 10.9 Å². The number of fused-ring (bicyclic) bond motifs is 1. The van der Waals surface area contributed by atoms with Gasteiger partial charge in [-0.2, -0.15) is 5.10 Å². The molecule has 0 aromatic carbocycles. The lowest BCUT2D eigenvalue weighted by Gasteiger charge is -1.92. The summed E-state index contributed by atoms with van der Waals surface area (Å²) in [4.78, 5) is 13.9. The Bertz CT molecular complexity index is 485. The Kier molecular flexibility index (Phi) is 1.67. The standard InChI is InChI=1S/C7H6IN3O/c1-3-2-9-7(12)4-5(3)10-11-6(4)8/h2H,1H3,(H,9,12)(H,10,11). The van der Waals surface area contributed by atoms with Crippen molar-refractivity contribution in [2.24, 2.45) is 0 Å². The van der Waals surface area contributed by atoms with Gasteiger partial charge in [0.2, 0.25) is 0 Å². The highest BCUT2D eigenvalue weighted by atomic mass is 127. The molecule has 0 amide bonds. The quantitative estimate of drug-likeness (QED) is 0.709. The van der Waals surface area contributed by atoms with E-state index in [4.69, 9.17) is 0 Å². The number of aromatic amines is 2. The Morgan fingerprint density at radius 1 is 1.58 bits per heavy atom. The maximum Gasteiger partial charge on any atom is 0.260 e. The van der Waals surface area contributed by atoms with Crippen LogP contribution in [0.25, 0.3) is 10.9 Å². The van der Waals surface area contributed by atoms with Crippen LogP contribution in [0.1, 0.15) is 5.56 Å². The zero-order valence-corrected chi connectivity index (χ0v) is 8.47. The predicted molar refractivity (Wildman–Crippen MR) is 54.2 cm³/mol. The van der Waals surface area contributed by atoms with E-state index in [-0.39, 0.29) is 5.56 Å². The summed E-state index contributed by atoms with van der Waals surface area (Å²) < 4.78 is 0.715. The van der Waals surface area contributed by atoms with Gasteiger partial charge in [-0.15, -0.1) is 0 Å². The van der Waals surface area contributed by atoms with Crippen molar-refractivity contribution in [3.05, 3.63) is 25.8 Å². The second-order valence-corrected chi connectivity index (χ2v) is 3.59. The van der Waals surface area contributed by atoms with Crippen molar-refractivity contribution in [1.82, 2.24) is 15.2 Å². The molecule has 0 aliphatic heterocycles. The fourth-order valence-corrected chi connectivity index (χ4v) is 1.77. The number of rotatable bonds is 0. The third-order valence-electron chi connectivity index (χ3n) is 1.76. The number of nitrogens with zero attached hydrogens (tertiary/aromatic N) is 1. The van der Waals surface area contributed by atoms with Gasteiger partial charge in [0, 0.05) is 6.20 Å². The van der Waals surface area contributed by atoms with E-state index in [1.165, 1.54) is 0 Å². The van der Waals surface area contributed by atoms with Crippen molar-refractivity contribution in [2.75, 3.05) is 0 Å². The van der Waals surface area contributed by atoms with Gasteiger partial charge in [0.15, 0.2) is 0 Å². The van der Waals surface area contributed by atoms with Gasteiger partial charge in [-0.1, -0.05) is 0 Å². The molecule has 12 heavy (non-hydrogen) atoms. The van der Waals surface area contributed by atoms with Gasteiger partial charge >= 0.3 is 0 Å². The highest BCUT2D eigenvalue weighted by Crippen LogP contribution is 2.15. The van der Waals surface area contributed by atoms with E-state index in [0.29, 0.717) is 9.09 Å². The Hall–Kier alpha value is -0.850. The van der Waals surface area contributed by atoms with Crippen LogP contribution in [0.3, 0.4) is 0 Å². The molecule has 0 aliphatic carbocycles. The van der Waals surface area contributed by atoms with Crippen LogP contribution in [-0.4, -0.2) is 15.2 Å². The van der Waals surface area contributed by atoms with Crippen LogP contribution in [0.2, 0.25) is 0 Å². The van der Waals surface area contributed by atoms with E-state index in [9.17, 15) is 4.79 Å². The lowest BCUT2D eigenvalue weighted by Crippen LogP contribution is -2.05. The van der Waals surface area contributed by atoms with E-state index < -0.39 is 0 Å². The summed E-state index contributed by atoms with van der Waals surface area (Å²) in [6.07, 6.45) is 1.68. The number of aryl methyl sites for hydroxylation is 1. The topological polar surface area (TPSA) is 61.5 Å². The van der Waals surface area contributed by atoms with E-state index in [1.54, 1.807) is 6.20 Å². The molecule has 2 rings (SSSR count). The van der Waals surface area contributed by atoms with E-state index in [2.05, 4.69) is 15.2 Å². The molecule has 0 aliphatic rings. The molecule has 4 nitrogen and oxygen atoms in total. The molecule has 62 valence electrons. The van der Waals surface area contributed by atoms with Crippen molar-refractivity contribution >= 4 is 33.5 Å². The molecule has 0 fully saturated rings. The molecule has 0 radical (unpaired) electrons. The summed E-state index contributed by atoms with van der Waals surface area (Å²) in [6, 6.07) is 0. The van der Waals surface area contributed by atoms with Gasteiger partial charge in [0.1, 0.15) is 3.70 Å². The van der Waals surface area contributed by atoms with Crippen LogP contribution < -0.4 is 5.56 Å². The molecule has 0 saturated heterocycles. The van der Waals surface area contributed by atoms with Gasteiger partial charge in [-0.05, 0) is 35.1 Å². The third-order valence-corrected chi connectivity index (χ3v) is 2.54. The fraction of sp³-hybridized carbons (Fsp3) is 0.143. The first-order valence-corrected chi connectivity index (χ1v) is 4.50. The normalized spacial score (nSPS) is 10.8. The Morgan fingerprint density at radius 3 is 3.00 bits per heavy atom. The van der Waals surface area contributed by atoms with Crippen molar-refractivity contribution < 1.29 is 0 Å². The second kappa shape index (κ2) is 2.58. The first kappa shape index (κ1) is 7.78.